The van der Waals surface area contributed by atoms with E-state index in [1.165, 1.54) is 6.21 Å². The summed E-state index contributed by atoms with van der Waals surface area (Å²) in [7, 11) is 0. The van der Waals surface area contributed by atoms with Gasteiger partial charge in [0.05, 0.1) is 6.21 Å². The van der Waals surface area contributed by atoms with Gasteiger partial charge < -0.3 is 5.21 Å². The van der Waals surface area contributed by atoms with Crippen molar-refractivity contribution in [2.75, 3.05) is 0 Å². The standard InChI is InChI=1S/C6H6N2O.ClH/c9-8-5-6-2-1-3-7-4-6;/h1-5,9H;1H. The van der Waals surface area contributed by atoms with Crippen molar-refractivity contribution < 1.29 is 5.21 Å². The Bertz CT molecular complexity index is 200. The van der Waals surface area contributed by atoms with Crippen LogP contribution in [0.5, 0.6) is 0 Å². The molecule has 0 aromatic carbocycles. The first-order valence-electron chi connectivity index (χ1n) is 2.51. The Morgan fingerprint density at radius 3 is 2.90 bits per heavy atom. The van der Waals surface area contributed by atoms with Gasteiger partial charge in [0.2, 0.25) is 0 Å². The van der Waals surface area contributed by atoms with Gasteiger partial charge in [0.15, 0.2) is 0 Å². The third-order valence-corrected chi connectivity index (χ3v) is 0.891. The summed E-state index contributed by atoms with van der Waals surface area (Å²) in [4.78, 5) is 3.80. The van der Waals surface area contributed by atoms with Crippen molar-refractivity contribution in [3.05, 3.63) is 30.1 Å². The third-order valence-electron chi connectivity index (χ3n) is 0.891. The quantitative estimate of drug-likeness (QED) is 0.381. The molecule has 0 bridgehead atoms. The second kappa shape index (κ2) is 4.76. The van der Waals surface area contributed by atoms with Crippen LogP contribution < -0.4 is 0 Å². The molecule has 0 aliphatic rings. The van der Waals surface area contributed by atoms with Gasteiger partial charge in [-0.05, 0) is 6.07 Å². The fourth-order valence-corrected chi connectivity index (χ4v) is 0.519. The summed E-state index contributed by atoms with van der Waals surface area (Å²) in [5, 5.41) is 10.9. The molecular weight excluding hydrogens is 152 g/mol. The Hall–Kier alpha value is -1.09. The summed E-state index contributed by atoms with van der Waals surface area (Å²) in [6, 6.07) is 3.57. The van der Waals surface area contributed by atoms with Gasteiger partial charge in [0.1, 0.15) is 0 Å². The van der Waals surface area contributed by atoms with E-state index in [0.29, 0.717) is 0 Å². The van der Waals surface area contributed by atoms with Gasteiger partial charge >= 0.3 is 0 Å². The maximum Gasteiger partial charge on any atom is 0.0749 e. The van der Waals surface area contributed by atoms with E-state index in [-0.39, 0.29) is 12.4 Å². The second-order valence-electron chi connectivity index (χ2n) is 1.53. The van der Waals surface area contributed by atoms with Crippen LogP contribution in [-0.2, 0) is 0 Å². The average molecular weight is 159 g/mol. The molecule has 54 valence electrons. The lowest BCUT2D eigenvalue weighted by atomic mass is 10.3. The topological polar surface area (TPSA) is 45.5 Å². The second-order valence-corrected chi connectivity index (χ2v) is 1.53. The Kier molecular flexibility index (Phi) is 4.24. The molecule has 0 radical (unpaired) electrons. The molecule has 10 heavy (non-hydrogen) atoms. The van der Waals surface area contributed by atoms with Crippen molar-refractivity contribution in [1.82, 2.24) is 4.98 Å². The van der Waals surface area contributed by atoms with Crippen LogP contribution in [0.4, 0.5) is 0 Å². The number of rotatable bonds is 1. The van der Waals surface area contributed by atoms with Gasteiger partial charge in [-0.1, -0.05) is 11.2 Å². The number of nitrogens with zero attached hydrogens (tertiary/aromatic N) is 2. The summed E-state index contributed by atoms with van der Waals surface area (Å²) in [6.45, 7) is 0. The molecule has 1 N–H and O–H groups in total. The van der Waals surface area contributed by atoms with Crippen molar-refractivity contribution in [2.24, 2.45) is 5.16 Å². The molecular formula is C6H7ClN2O. The van der Waals surface area contributed by atoms with E-state index in [2.05, 4.69) is 10.1 Å². The lowest BCUT2D eigenvalue weighted by Crippen LogP contribution is -1.79. The maximum atomic E-state index is 8.06. The lowest BCUT2D eigenvalue weighted by molar-refractivity contribution is 0.322. The van der Waals surface area contributed by atoms with E-state index in [4.69, 9.17) is 5.21 Å². The predicted molar refractivity (Wildman–Crippen MR) is 40.9 cm³/mol. The van der Waals surface area contributed by atoms with Crippen molar-refractivity contribution in [1.29, 1.82) is 0 Å². The molecule has 0 aliphatic carbocycles. The minimum absolute atomic E-state index is 0. The predicted octanol–water partition coefficient (Wildman–Crippen LogP) is 1.31. The Morgan fingerprint density at radius 1 is 1.60 bits per heavy atom. The van der Waals surface area contributed by atoms with E-state index in [9.17, 15) is 0 Å². The molecule has 0 atom stereocenters. The first kappa shape index (κ1) is 8.91. The van der Waals surface area contributed by atoms with Crippen molar-refractivity contribution in [2.45, 2.75) is 0 Å². The van der Waals surface area contributed by atoms with E-state index in [0.717, 1.165) is 5.56 Å². The van der Waals surface area contributed by atoms with Crippen LogP contribution in [0, 0.1) is 0 Å². The highest BCUT2D eigenvalue weighted by molar-refractivity contribution is 5.85. The zero-order valence-electron chi connectivity index (χ0n) is 5.14. The van der Waals surface area contributed by atoms with Crippen LogP contribution in [0.25, 0.3) is 0 Å². The molecule has 1 heterocycles. The van der Waals surface area contributed by atoms with E-state index >= 15 is 0 Å². The minimum Gasteiger partial charge on any atom is -0.411 e. The van der Waals surface area contributed by atoms with Gasteiger partial charge in [0.25, 0.3) is 0 Å². The molecule has 3 nitrogen and oxygen atoms in total. The van der Waals surface area contributed by atoms with E-state index < -0.39 is 0 Å². The summed E-state index contributed by atoms with van der Waals surface area (Å²) < 4.78 is 0. The smallest absolute Gasteiger partial charge is 0.0749 e. The number of halogens is 1. The number of hydrogen-bond donors (Lipinski definition) is 1. The fraction of sp³-hybridized carbons (Fsp3) is 0. The fourth-order valence-electron chi connectivity index (χ4n) is 0.519. The summed E-state index contributed by atoms with van der Waals surface area (Å²) >= 11 is 0. The van der Waals surface area contributed by atoms with Crippen LogP contribution in [0.15, 0.2) is 29.7 Å². The Morgan fingerprint density at radius 2 is 2.40 bits per heavy atom. The van der Waals surface area contributed by atoms with E-state index in [1.54, 1.807) is 24.5 Å². The normalized spacial score (nSPS) is 9.20. The number of pyridine rings is 1. The van der Waals surface area contributed by atoms with Gasteiger partial charge in [-0.2, -0.15) is 0 Å². The van der Waals surface area contributed by atoms with Gasteiger partial charge in [-0.3, -0.25) is 4.98 Å². The van der Waals surface area contributed by atoms with Crippen molar-refractivity contribution in [3.63, 3.8) is 0 Å². The highest BCUT2D eigenvalue weighted by atomic mass is 35.5. The molecule has 4 heteroatoms. The molecule has 0 fully saturated rings. The van der Waals surface area contributed by atoms with Gasteiger partial charge in [-0.15, -0.1) is 12.4 Å². The molecule has 0 spiro atoms. The maximum absolute atomic E-state index is 8.06. The Balaban J connectivity index is 0.000000810. The first-order chi connectivity index (χ1) is 4.43. The number of oxime groups is 1. The highest BCUT2D eigenvalue weighted by Crippen LogP contribution is 1.88. The SMILES string of the molecule is Cl.ON=Cc1cccnc1. The summed E-state index contributed by atoms with van der Waals surface area (Å²) in [5.74, 6) is 0. The zero-order chi connectivity index (χ0) is 6.53. The van der Waals surface area contributed by atoms with Crippen LogP contribution in [0.1, 0.15) is 5.56 Å². The van der Waals surface area contributed by atoms with E-state index in [1.807, 2.05) is 0 Å². The summed E-state index contributed by atoms with van der Waals surface area (Å²) in [6.07, 6.45) is 4.60. The first-order valence-corrected chi connectivity index (χ1v) is 2.51. The van der Waals surface area contributed by atoms with Crippen LogP contribution in [0.2, 0.25) is 0 Å². The molecule has 1 aromatic rings. The number of hydrogen-bond acceptors (Lipinski definition) is 3. The van der Waals surface area contributed by atoms with Gasteiger partial charge in [0, 0.05) is 18.0 Å². The van der Waals surface area contributed by atoms with Crippen molar-refractivity contribution in [3.8, 4) is 0 Å². The molecule has 0 unspecified atom stereocenters. The van der Waals surface area contributed by atoms with Crippen LogP contribution in [0.3, 0.4) is 0 Å². The van der Waals surface area contributed by atoms with Crippen LogP contribution >= 0.6 is 12.4 Å². The number of aromatic nitrogens is 1. The van der Waals surface area contributed by atoms with Gasteiger partial charge in [-0.25, -0.2) is 0 Å². The summed E-state index contributed by atoms with van der Waals surface area (Å²) in [5.41, 5.74) is 0.792. The monoisotopic (exact) mass is 158 g/mol. The lowest BCUT2D eigenvalue weighted by Gasteiger charge is -1.84. The average Bonchev–Trinajstić information content (AvgIpc) is 1.91. The highest BCUT2D eigenvalue weighted by Gasteiger charge is 1.81. The Labute approximate surface area is 64.8 Å². The molecule has 1 aromatic heterocycles. The molecule has 1 rings (SSSR count). The molecule has 0 aliphatic heterocycles. The third kappa shape index (κ3) is 2.46. The minimum atomic E-state index is 0. The van der Waals surface area contributed by atoms with Crippen LogP contribution in [-0.4, -0.2) is 16.4 Å². The van der Waals surface area contributed by atoms with Crippen molar-refractivity contribution >= 4 is 18.6 Å². The largest absolute Gasteiger partial charge is 0.411 e. The zero-order valence-corrected chi connectivity index (χ0v) is 5.95. The molecule has 0 amide bonds. The molecule has 0 saturated heterocycles. The molecule has 0 saturated carbocycles.